The summed E-state index contributed by atoms with van der Waals surface area (Å²) in [6.45, 7) is 0.233. The van der Waals surface area contributed by atoms with Gasteiger partial charge >= 0.3 is 12.1 Å². The molecular formula is C30H27N3O6. The highest BCUT2D eigenvalue weighted by molar-refractivity contribution is 6.03. The van der Waals surface area contributed by atoms with Crippen LogP contribution in [0.3, 0.4) is 0 Å². The van der Waals surface area contributed by atoms with Crippen LogP contribution in [0.1, 0.15) is 22.3 Å². The number of likely N-dealkylation sites (tertiary alicyclic amines) is 1. The van der Waals surface area contributed by atoms with Gasteiger partial charge in [-0.2, -0.15) is 0 Å². The average molecular weight is 526 g/mol. The summed E-state index contributed by atoms with van der Waals surface area (Å²) in [7, 11) is 1.32. The summed E-state index contributed by atoms with van der Waals surface area (Å²) in [4.78, 5) is 44.2. The minimum Gasteiger partial charge on any atom is -0.488 e. The molecule has 4 aromatic rings. The molecule has 9 heteroatoms. The topological polar surface area (TPSA) is 107 Å². The van der Waals surface area contributed by atoms with Crippen LogP contribution < -0.4 is 10.1 Å². The lowest BCUT2D eigenvalue weighted by molar-refractivity contribution is -0.120. The quantitative estimate of drug-likeness (QED) is 0.345. The maximum Gasteiger partial charge on any atom is 0.410 e. The number of amides is 2. The fourth-order valence-corrected chi connectivity index (χ4v) is 4.54. The van der Waals surface area contributed by atoms with Gasteiger partial charge in [-0.15, -0.1) is 0 Å². The van der Waals surface area contributed by atoms with E-state index in [1.165, 1.54) is 12.0 Å². The van der Waals surface area contributed by atoms with Gasteiger partial charge in [-0.1, -0.05) is 48.5 Å². The molecule has 1 fully saturated rings. The van der Waals surface area contributed by atoms with Crippen molar-refractivity contribution in [2.75, 3.05) is 19.0 Å². The molecule has 1 aliphatic heterocycles. The Bertz CT molecular complexity index is 1470. The van der Waals surface area contributed by atoms with Crippen LogP contribution in [0.5, 0.6) is 5.75 Å². The molecule has 1 aliphatic rings. The summed E-state index contributed by atoms with van der Waals surface area (Å²) < 4.78 is 16.4. The first-order valence-corrected chi connectivity index (χ1v) is 12.5. The molecule has 0 spiro atoms. The van der Waals surface area contributed by atoms with Crippen molar-refractivity contribution in [2.45, 2.75) is 25.2 Å². The maximum atomic E-state index is 13.5. The molecule has 2 heterocycles. The van der Waals surface area contributed by atoms with Gasteiger partial charge in [0.25, 0.3) is 0 Å². The van der Waals surface area contributed by atoms with Crippen molar-refractivity contribution in [1.82, 2.24) is 9.88 Å². The summed E-state index contributed by atoms with van der Waals surface area (Å²) in [6, 6.07) is 24.3. The highest BCUT2D eigenvalue weighted by Gasteiger charge is 2.42. The summed E-state index contributed by atoms with van der Waals surface area (Å²) in [6.07, 6.45) is 0.834. The normalized spacial score (nSPS) is 16.5. The number of carbonyl (C=O) groups is 3. The predicted octanol–water partition coefficient (Wildman–Crippen LogP) is 4.82. The monoisotopic (exact) mass is 525 g/mol. The van der Waals surface area contributed by atoms with Crippen molar-refractivity contribution in [2.24, 2.45) is 0 Å². The second-order valence-corrected chi connectivity index (χ2v) is 9.07. The van der Waals surface area contributed by atoms with Gasteiger partial charge < -0.3 is 19.5 Å². The number of pyridine rings is 1. The molecule has 39 heavy (non-hydrogen) atoms. The average Bonchev–Trinajstić information content (AvgIpc) is 3.40. The fourth-order valence-electron chi connectivity index (χ4n) is 4.54. The standard InChI is InChI=1S/C30H27N3O6/c1-37-29(35)22-12-14-23(15-13-22)39-24-17-26(33(18-24)30(36)38-19-20-7-3-2-4-8-20)28(34)32-25-11-5-9-21-10-6-16-31-27(21)25/h2-16,24,26H,17-19H2,1H3,(H,32,34)/t24-,26-/m0/s1. The molecular weight excluding hydrogens is 498 g/mol. The van der Waals surface area contributed by atoms with Gasteiger partial charge in [-0.05, 0) is 42.0 Å². The van der Waals surface area contributed by atoms with Crippen LogP contribution in [0.15, 0.2) is 91.1 Å². The summed E-state index contributed by atoms with van der Waals surface area (Å²) in [5.74, 6) is -0.309. The Kier molecular flexibility index (Phi) is 7.68. The van der Waals surface area contributed by atoms with Gasteiger partial charge in [-0.25, -0.2) is 9.59 Å². The largest absolute Gasteiger partial charge is 0.488 e. The molecule has 1 saturated heterocycles. The smallest absolute Gasteiger partial charge is 0.410 e. The zero-order valence-electron chi connectivity index (χ0n) is 21.3. The fraction of sp³-hybridized carbons (Fsp3) is 0.200. The SMILES string of the molecule is COC(=O)c1ccc(O[C@H]2C[C@@H](C(=O)Nc3cccc4cccnc34)N(C(=O)OCc3ccccc3)C2)cc1. The number of benzene rings is 3. The van der Waals surface area contributed by atoms with E-state index in [0.717, 1.165) is 10.9 Å². The summed E-state index contributed by atoms with van der Waals surface area (Å²) >= 11 is 0. The van der Waals surface area contributed by atoms with Crippen molar-refractivity contribution in [1.29, 1.82) is 0 Å². The third-order valence-corrected chi connectivity index (χ3v) is 6.47. The van der Waals surface area contributed by atoms with E-state index in [0.29, 0.717) is 22.5 Å². The van der Waals surface area contributed by atoms with Gasteiger partial charge in [0.15, 0.2) is 0 Å². The van der Waals surface area contributed by atoms with Crippen molar-refractivity contribution >= 4 is 34.6 Å². The molecule has 2 atom stereocenters. The highest BCUT2D eigenvalue weighted by Crippen LogP contribution is 2.27. The lowest BCUT2D eigenvalue weighted by atomic mass is 10.1. The first kappa shape index (κ1) is 25.7. The van der Waals surface area contributed by atoms with Crippen LogP contribution >= 0.6 is 0 Å². The zero-order valence-corrected chi connectivity index (χ0v) is 21.3. The Hall–Kier alpha value is -4.92. The number of ether oxygens (including phenoxy) is 3. The van der Waals surface area contributed by atoms with E-state index in [1.54, 1.807) is 36.5 Å². The van der Waals surface area contributed by atoms with Crippen LogP contribution in [-0.2, 0) is 20.9 Å². The number of hydrogen-bond donors (Lipinski definition) is 1. The minimum atomic E-state index is -0.827. The Morgan fingerprint density at radius 2 is 1.72 bits per heavy atom. The van der Waals surface area contributed by atoms with Crippen LogP contribution in [0.2, 0.25) is 0 Å². The number of para-hydroxylation sites is 1. The number of carbonyl (C=O) groups excluding carboxylic acids is 3. The molecule has 1 N–H and O–H groups in total. The van der Waals surface area contributed by atoms with Gasteiger partial charge in [0.2, 0.25) is 5.91 Å². The number of nitrogens with zero attached hydrogens (tertiary/aromatic N) is 2. The van der Waals surface area contributed by atoms with Crippen LogP contribution in [0.4, 0.5) is 10.5 Å². The Morgan fingerprint density at radius 3 is 2.49 bits per heavy atom. The van der Waals surface area contributed by atoms with E-state index in [9.17, 15) is 14.4 Å². The zero-order chi connectivity index (χ0) is 27.2. The van der Waals surface area contributed by atoms with Crippen molar-refractivity contribution in [3.05, 3.63) is 102 Å². The number of hydrogen-bond acceptors (Lipinski definition) is 7. The predicted molar refractivity (Wildman–Crippen MR) is 144 cm³/mol. The maximum absolute atomic E-state index is 13.5. The molecule has 0 unspecified atom stereocenters. The second kappa shape index (κ2) is 11.6. The second-order valence-electron chi connectivity index (χ2n) is 9.07. The van der Waals surface area contributed by atoms with Gasteiger partial charge in [0.1, 0.15) is 24.5 Å². The van der Waals surface area contributed by atoms with Crippen molar-refractivity contribution in [3.63, 3.8) is 0 Å². The summed E-state index contributed by atoms with van der Waals surface area (Å²) in [5, 5.41) is 3.83. The lowest BCUT2D eigenvalue weighted by Crippen LogP contribution is -2.43. The summed E-state index contributed by atoms with van der Waals surface area (Å²) in [5.41, 5.74) is 2.44. The molecule has 0 bridgehead atoms. The Morgan fingerprint density at radius 1 is 0.949 bits per heavy atom. The van der Waals surface area contributed by atoms with Crippen LogP contribution in [-0.4, -0.2) is 53.7 Å². The molecule has 5 rings (SSSR count). The van der Waals surface area contributed by atoms with E-state index < -0.39 is 24.2 Å². The molecule has 0 aliphatic carbocycles. The van der Waals surface area contributed by atoms with Crippen LogP contribution in [0.25, 0.3) is 10.9 Å². The van der Waals surface area contributed by atoms with Gasteiger partial charge in [0.05, 0.1) is 30.4 Å². The van der Waals surface area contributed by atoms with E-state index in [-0.39, 0.29) is 25.5 Å². The molecule has 9 nitrogen and oxygen atoms in total. The number of aromatic nitrogens is 1. The molecule has 1 aromatic heterocycles. The number of methoxy groups -OCH3 is 1. The number of nitrogens with one attached hydrogen (secondary N) is 1. The van der Waals surface area contributed by atoms with E-state index in [4.69, 9.17) is 14.2 Å². The first-order valence-electron chi connectivity index (χ1n) is 12.5. The third-order valence-electron chi connectivity index (χ3n) is 6.47. The number of esters is 1. The number of fused-ring (bicyclic) bond motifs is 1. The van der Waals surface area contributed by atoms with Gasteiger partial charge in [0, 0.05) is 18.0 Å². The molecule has 2 amide bonds. The number of anilines is 1. The first-order chi connectivity index (χ1) is 19.0. The Labute approximate surface area is 225 Å². The highest BCUT2D eigenvalue weighted by atomic mass is 16.6. The molecule has 3 aromatic carbocycles. The van der Waals surface area contributed by atoms with Crippen molar-refractivity contribution < 1.29 is 28.6 Å². The molecule has 0 radical (unpaired) electrons. The third kappa shape index (κ3) is 5.98. The van der Waals surface area contributed by atoms with E-state index in [1.807, 2.05) is 54.6 Å². The van der Waals surface area contributed by atoms with E-state index >= 15 is 0 Å². The van der Waals surface area contributed by atoms with Crippen molar-refractivity contribution in [3.8, 4) is 5.75 Å². The van der Waals surface area contributed by atoms with Crippen LogP contribution in [0, 0.1) is 0 Å². The molecule has 0 saturated carbocycles. The lowest BCUT2D eigenvalue weighted by Gasteiger charge is -2.23. The Balaban J connectivity index is 1.33. The minimum absolute atomic E-state index is 0.0816. The van der Waals surface area contributed by atoms with E-state index in [2.05, 4.69) is 10.3 Å². The number of rotatable bonds is 7. The van der Waals surface area contributed by atoms with Gasteiger partial charge in [-0.3, -0.25) is 14.7 Å². The molecule has 198 valence electrons.